The zero-order chi connectivity index (χ0) is 12.4. The van der Waals surface area contributed by atoms with E-state index in [0.717, 1.165) is 38.4 Å². The van der Waals surface area contributed by atoms with E-state index in [9.17, 15) is 4.79 Å². The van der Waals surface area contributed by atoms with Gasteiger partial charge in [-0.15, -0.1) is 0 Å². The van der Waals surface area contributed by atoms with Crippen LogP contribution in [0, 0.1) is 5.92 Å². The van der Waals surface area contributed by atoms with Gasteiger partial charge in [0.15, 0.2) is 0 Å². The van der Waals surface area contributed by atoms with Crippen molar-refractivity contribution >= 4 is 5.91 Å². The average Bonchev–Trinajstić information content (AvgIpc) is 2.84. The molecule has 0 spiro atoms. The summed E-state index contributed by atoms with van der Waals surface area (Å²) in [5.41, 5.74) is 0. The number of nitrogens with one attached hydrogen (secondary N) is 2. The lowest BCUT2D eigenvalue weighted by molar-refractivity contribution is -0.124. The van der Waals surface area contributed by atoms with Crippen LogP contribution in [0.3, 0.4) is 0 Å². The van der Waals surface area contributed by atoms with Crippen LogP contribution in [0.4, 0.5) is 0 Å². The zero-order valence-electron chi connectivity index (χ0n) is 11.0. The van der Waals surface area contributed by atoms with Gasteiger partial charge in [0, 0.05) is 25.3 Å². The number of rotatable bonds is 2. The molecule has 0 radical (unpaired) electrons. The summed E-state index contributed by atoms with van der Waals surface area (Å²) in [5.74, 6) is 0.959. The minimum Gasteiger partial charge on any atom is -0.381 e. The Labute approximate surface area is 109 Å². The fraction of sp³-hybridized carbons (Fsp3) is 0.929. The number of amides is 1. The van der Waals surface area contributed by atoms with Gasteiger partial charge in [-0.2, -0.15) is 0 Å². The molecule has 3 fully saturated rings. The first-order valence-corrected chi connectivity index (χ1v) is 7.47. The molecule has 0 bridgehead atoms. The smallest absolute Gasteiger partial charge is 0.237 e. The highest BCUT2D eigenvalue weighted by molar-refractivity contribution is 5.82. The zero-order valence-corrected chi connectivity index (χ0v) is 11.0. The van der Waals surface area contributed by atoms with Crippen molar-refractivity contribution in [2.75, 3.05) is 13.2 Å². The number of hydrogen-bond donors (Lipinski definition) is 2. The predicted octanol–water partition coefficient (Wildman–Crippen LogP) is 1.20. The molecule has 4 heteroatoms. The SMILES string of the molecule is O=C(NC1CCOCC1)C1CC2CCCCC2N1. The molecule has 1 aliphatic carbocycles. The molecular formula is C14H24N2O2. The Morgan fingerprint density at radius 2 is 1.89 bits per heavy atom. The third-order valence-corrected chi connectivity index (χ3v) is 4.75. The Kier molecular flexibility index (Phi) is 3.85. The predicted molar refractivity (Wildman–Crippen MR) is 69.3 cm³/mol. The van der Waals surface area contributed by atoms with Crippen molar-refractivity contribution in [3.63, 3.8) is 0 Å². The lowest BCUT2D eigenvalue weighted by Crippen LogP contribution is -2.48. The molecule has 3 rings (SSSR count). The summed E-state index contributed by atoms with van der Waals surface area (Å²) in [7, 11) is 0. The van der Waals surface area contributed by atoms with E-state index in [4.69, 9.17) is 4.74 Å². The van der Waals surface area contributed by atoms with Gasteiger partial charge in [-0.1, -0.05) is 12.8 Å². The molecule has 0 aromatic carbocycles. The highest BCUT2D eigenvalue weighted by atomic mass is 16.5. The van der Waals surface area contributed by atoms with Crippen LogP contribution in [0.15, 0.2) is 0 Å². The van der Waals surface area contributed by atoms with Crippen LogP contribution in [0.5, 0.6) is 0 Å². The number of carbonyl (C=O) groups is 1. The molecule has 102 valence electrons. The monoisotopic (exact) mass is 252 g/mol. The molecule has 3 unspecified atom stereocenters. The fourth-order valence-electron chi connectivity index (χ4n) is 3.66. The first kappa shape index (κ1) is 12.4. The summed E-state index contributed by atoms with van der Waals surface area (Å²) in [6, 6.07) is 0.987. The molecule has 2 saturated heterocycles. The Morgan fingerprint density at radius 1 is 1.11 bits per heavy atom. The summed E-state index contributed by atoms with van der Waals surface area (Å²) in [6.45, 7) is 1.57. The standard InChI is InChI=1S/C14H24N2O2/c17-14(15-11-5-7-18-8-6-11)13-9-10-3-1-2-4-12(10)16-13/h10-13,16H,1-9H2,(H,15,17). The van der Waals surface area contributed by atoms with E-state index in [1.54, 1.807) is 0 Å². The van der Waals surface area contributed by atoms with Crippen molar-refractivity contribution in [2.24, 2.45) is 5.92 Å². The molecule has 2 N–H and O–H groups in total. The van der Waals surface area contributed by atoms with E-state index in [0.29, 0.717) is 12.1 Å². The van der Waals surface area contributed by atoms with Crippen molar-refractivity contribution in [3.05, 3.63) is 0 Å². The molecule has 18 heavy (non-hydrogen) atoms. The van der Waals surface area contributed by atoms with E-state index in [1.165, 1.54) is 25.7 Å². The summed E-state index contributed by atoms with van der Waals surface area (Å²) in [6.07, 6.45) is 8.19. The van der Waals surface area contributed by atoms with Crippen molar-refractivity contribution in [1.29, 1.82) is 0 Å². The maximum Gasteiger partial charge on any atom is 0.237 e. The number of ether oxygens (including phenoxy) is 1. The second-order valence-corrected chi connectivity index (χ2v) is 6.00. The van der Waals surface area contributed by atoms with Crippen molar-refractivity contribution < 1.29 is 9.53 Å². The molecule has 2 heterocycles. The maximum absolute atomic E-state index is 12.2. The van der Waals surface area contributed by atoms with Gasteiger partial charge in [-0.05, 0) is 38.0 Å². The Hall–Kier alpha value is -0.610. The molecule has 0 aromatic rings. The minimum absolute atomic E-state index is 0.0564. The quantitative estimate of drug-likeness (QED) is 0.776. The maximum atomic E-state index is 12.2. The summed E-state index contributed by atoms with van der Waals surface area (Å²) in [5, 5.41) is 6.73. The highest BCUT2D eigenvalue weighted by Gasteiger charge is 2.38. The largest absolute Gasteiger partial charge is 0.381 e. The van der Waals surface area contributed by atoms with Crippen molar-refractivity contribution in [2.45, 2.75) is 63.1 Å². The summed E-state index contributed by atoms with van der Waals surface area (Å²) < 4.78 is 5.32. The Morgan fingerprint density at radius 3 is 2.67 bits per heavy atom. The second-order valence-electron chi connectivity index (χ2n) is 6.00. The van der Waals surface area contributed by atoms with E-state index in [-0.39, 0.29) is 11.9 Å². The fourth-order valence-corrected chi connectivity index (χ4v) is 3.66. The van der Waals surface area contributed by atoms with Crippen LogP contribution in [-0.4, -0.2) is 37.2 Å². The van der Waals surface area contributed by atoms with Gasteiger partial charge in [0.05, 0.1) is 6.04 Å². The van der Waals surface area contributed by atoms with Gasteiger partial charge in [0.2, 0.25) is 5.91 Å². The number of fused-ring (bicyclic) bond motifs is 1. The topological polar surface area (TPSA) is 50.4 Å². The molecule has 1 saturated carbocycles. The van der Waals surface area contributed by atoms with Gasteiger partial charge >= 0.3 is 0 Å². The Bertz CT molecular complexity index is 288. The summed E-state index contributed by atoms with van der Waals surface area (Å²) >= 11 is 0. The Balaban J connectivity index is 1.50. The molecule has 1 amide bonds. The molecule has 4 nitrogen and oxygen atoms in total. The molecule has 0 aromatic heterocycles. The normalized spacial score (nSPS) is 37.2. The molecule has 3 aliphatic rings. The first-order chi connectivity index (χ1) is 8.83. The number of carbonyl (C=O) groups excluding carboxylic acids is 1. The number of hydrogen-bond acceptors (Lipinski definition) is 3. The third kappa shape index (κ3) is 2.69. The van der Waals surface area contributed by atoms with Crippen molar-refractivity contribution in [3.8, 4) is 0 Å². The third-order valence-electron chi connectivity index (χ3n) is 4.75. The van der Waals surface area contributed by atoms with E-state index in [2.05, 4.69) is 10.6 Å². The highest BCUT2D eigenvalue weighted by Crippen LogP contribution is 2.33. The van der Waals surface area contributed by atoms with Crippen molar-refractivity contribution in [1.82, 2.24) is 10.6 Å². The van der Waals surface area contributed by atoms with Crippen LogP contribution >= 0.6 is 0 Å². The van der Waals surface area contributed by atoms with E-state index < -0.39 is 0 Å². The van der Waals surface area contributed by atoms with Gasteiger partial charge in [-0.3, -0.25) is 4.79 Å². The molecule has 2 aliphatic heterocycles. The van der Waals surface area contributed by atoms with Gasteiger partial charge in [0.1, 0.15) is 0 Å². The van der Waals surface area contributed by atoms with Gasteiger partial charge in [0.25, 0.3) is 0 Å². The summed E-state index contributed by atoms with van der Waals surface area (Å²) in [4.78, 5) is 12.2. The van der Waals surface area contributed by atoms with Gasteiger partial charge < -0.3 is 15.4 Å². The van der Waals surface area contributed by atoms with Crippen LogP contribution in [-0.2, 0) is 9.53 Å². The minimum atomic E-state index is 0.0564. The van der Waals surface area contributed by atoms with Crippen LogP contribution in [0.25, 0.3) is 0 Å². The van der Waals surface area contributed by atoms with E-state index >= 15 is 0 Å². The lowest BCUT2D eigenvalue weighted by atomic mass is 9.85. The lowest BCUT2D eigenvalue weighted by Gasteiger charge is -2.25. The van der Waals surface area contributed by atoms with Gasteiger partial charge in [-0.25, -0.2) is 0 Å². The van der Waals surface area contributed by atoms with Crippen LogP contribution in [0.1, 0.15) is 44.9 Å². The van der Waals surface area contributed by atoms with Crippen LogP contribution < -0.4 is 10.6 Å². The second kappa shape index (κ2) is 5.57. The molecular weight excluding hydrogens is 228 g/mol. The van der Waals surface area contributed by atoms with Crippen LogP contribution in [0.2, 0.25) is 0 Å². The average molecular weight is 252 g/mol. The first-order valence-electron chi connectivity index (χ1n) is 7.47. The van der Waals surface area contributed by atoms with E-state index in [1.807, 2.05) is 0 Å². The molecule has 3 atom stereocenters.